The van der Waals surface area contributed by atoms with Crippen LogP contribution in [-0.2, 0) is 22.7 Å². The number of carbonyl (C=O) groups excluding carboxylic acids is 2. The fraction of sp³-hybridized carbons (Fsp3) is 0.364. The zero-order chi connectivity index (χ0) is 31.5. The standard InChI is InChI=1S/C33H39N3O8/c1-4-5-10-25(35-33(40)36-26(17-31(37)38)23-12-14-28-30(16-23)44-20-43-28)32(39)34-18-22-11-13-27(29(15-22)41-3)42-19-24-9-7-6-8-21(24)2/h6-9,11-16,25-26H,4-5,10,17-20H2,1-3H3,(H,34,39)(H,37,38)(H2,35,36,40)/t25-,26-/m0/s1. The molecular weight excluding hydrogens is 566 g/mol. The number of urea groups is 1. The topological polar surface area (TPSA) is 144 Å². The van der Waals surface area contributed by atoms with Crippen molar-refractivity contribution in [3.05, 3.63) is 82.9 Å². The van der Waals surface area contributed by atoms with Crippen LogP contribution in [0.5, 0.6) is 23.0 Å². The summed E-state index contributed by atoms with van der Waals surface area (Å²) in [5.41, 5.74) is 3.55. The highest BCUT2D eigenvalue weighted by Crippen LogP contribution is 2.35. The minimum Gasteiger partial charge on any atom is -0.493 e. The number of rotatable bonds is 15. The molecule has 1 aliphatic heterocycles. The third-order valence-corrected chi connectivity index (χ3v) is 7.29. The number of amides is 3. The van der Waals surface area contributed by atoms with Crippen LogP contribution in [0.1, 0.15) is 60.9 Å². The molecule has 0 saturated heterocycles. The number of carboxylic acid groups (broad SMARTS) is 1. The normalized spacial score (nSPS) is 13.0. The maximum absolute atomic E-state index is 13.2. The summed E-state index contributed by atoms with van der Waals surface area (Å²) in [6, 6.07) is 16.1. The SMILES string of the molecule is CCCC[C@H](NC(=O)N[C@@H](CC(=O)O)c1ccc2c(c1)OCO2)C(=O)NCc1ccc(OCc2ccccc2C)c(OC)c1. The van der Waals surface area contributed by atoms with Crippen molar-refractivity contribution in [2.24, 2.45) is 0 Å². The molecule has 3 aromatic carbocycles. The number of carboxylic acids is 1. The highest BCUT2D eigenvalue weighted by molar-refractivity contribution is 5.87. The Morgan fingerprint density at radius 1 is 0.977 bits per heavy atom. The van der Waals surface area contributed by atoms with Gasteiger partial charge in [0.05, 0.1) is 19.6 Å². The van der Waals surface area contributed by atoms with Gasteiger partial charge >= 0.3 is 12.0 Å². The van der Waals surface area contributed by atoms with E-state index in [9.17, 15) is 19.5 Å². The molecule has 0 unspecified atom stereocenters. The second-order valence-electron chi connectivity index (χ2n) is 10.5. The van der Waals surface area contributed by atoms with Crippen molar-refractivity contribution < 1.29 is 38.4 Å². The van der Waals surface area contributed by atoms with Gasteiger partial charge in [0.15, 0.2) is 23.0 Å². The maximum atomic E-state index is 13.2. The molecule has 3 amide bonds. The van der Waals surface area contributed by atoms with E-state index in [0.717, 1.165) is 23.1 Å². The molecule has 0 fully saturated rings. The summed E-state index contributed by atoms with van der Waals surface area (Å²) in [5, 5.41) is 17.8. The van der Waals surface area contributed by atoms with Crippen LogP contribution in [-0.4, -0.2) is 43.0 Å². The number of aryl methyl sites for hydroxylation is 1. The molecule has 0 spiro atoms. The minimum atomic E-state index is -1.09. The van der Waals surface area contributed by atoms with Crippen LogP contribution in [0.15, 0.2) is 60.7 Å². The van der Waals surface area contributed by atoms with Gasteiger partial charge in [-0.05, 0) is 59.9 Å². The average Bonchev–Trinajstić information content (AvgIpc) is 3.49. The van der Waals surface area contributed by atoms with Gasteiger partial charge < -0.3 is 40.0 Å². The molecule has 3 aromatic rings. The van der Waals surface area contributed by atoms with E-state index >= 15 is 0 Å². The van der Waals surface area contributed by atoms with Gasteiger partial charge in [-0.3, -0.25) is 9.59 Å². The average molecular weight is 606 g/mol. The Labute approximate surface area is 256 Å². The molecule has 11 heteroatoms. The van der Waals surface area contributed by atoms with Crippen molar-refractivity contribution >= 4 is 17.9 Å². The van der Waals surface area contributed by atoms with Gasteiger partial charge in [-0.25, -0.2) is 4.79 Å². The molecule has 44 heavy (non-hydrogen) atoms. The molecular formula is C33H39N3O8. The number of nitrogens with one attached hydrogen (secondary N) is 3. The van der Waals surface area contributed by atoms with Crippen LogP contribution in [0.2, 0.25) is 0 Å². The van der Waals surface area contributed by atoms with Crippen LogP contribution in [0.25, 0.3) is 0 Å². The first-order valence-corrected chi connectivity index (χ1v) is 14.6. The van der Waals surface area contributed by atoms with Crippen LogP contribution in [0.4, 0.5) is 4.79 Å². The summed E-state index contributed by atoms with van der Waals surface area (Å²) in [7, 11) is 1.56. The quantitative estimate of drug-likeness (QED) is 0.189. The summed E-state index contributed by atoms with van der Waals surface area (Å²) < 4.78 is 22.2. The number of ether oxygens (including phenoxy) is 4. The number of fused-ring (bicyclic) bond motifs is 1. The molecule has 234 valence electrons. The first-order valence-electron chi connectivity index (χ1n) is 14.6. The molecule has 1 heterocycles. The second-order valence-corrected chi connectivity index (χ2v) is 10.5. The number of hydrogen-bond acceptors (Lipinski definition) is 7. The summed E-state index contributed by atoms with van der Waals surface area (Å²) in [6.07, 6.45) is 1.59. The Kier molecular flexibility index (Phi) is 11.3. The summed E-state index contributed by atoms with van der Waals surface area (Å²) >= 11 is 0. The fourth-order valence-electron chi connectivity index (χ4n) is 4.77. The van der Waals surface area contributed by atoms with Gasteiger partial charge in [-0.15, -0.1) is 0 Å². The van der Waals surface area contributed by atoms with E-state index in [4.69, 9.17) is 18.9 Å². The van der Waals surface area contributed by atoms with E-state index in [0.29, 0.717) is 48.0 Å². The molecule has 4 rings (SSSR count). The van der Waals surface area contributed by atoms with E-state index in [1.54, 1.807) is 37.4 Å². The first kappa shape index (κ1) is 32.0. The smallest absolute Gasteiger partial charge is 0.315 e. The molecule has 0 aliphatic carbocycles. The van der Waals surface area contributed by atoms with E-state index < -0.39 is 24.1 Å². The lowest BCUT2D eigenvalue weighted by Gasteiger charge is -2.22. The largest absolute Gasteiger partial charge is 0.493 e. The molecule has 1 aliphatic rings. The minimum absolute atomic E-state index is 0.0726. The molecule has 4 N–H and O–H groups in total. The second kappa shape index (κ2) is 15.5. The maximum Gasteiger partial charge on any atom is 0.315 e. The zero-order valence-corrected chi connectivity index (χ0v) is 25.2. The number of carbonyl (C=O) groups is 3. The molecule has 2 atom stereocenters. The molecule has 0 radical (unpaired) electrons. The number of aliphatic carboxylic acids is 1. The third-order valence-electron chi connectivity index (χ3n) is 7.29. The lowest BCUT2D eigenvalue weighted by molar-refractivity contribution is -0.137. The van der Waals surface area contributed by atoms with Crippen molar-refractivity contribution in [1.82, 2.24) is 16.0 Å². The summed E-state index contributed by atoms with van der Waals surface area (Å²) in [4.78, 5) is 37.8. The highest BCUT2D eigenvalue weighted by Gasteiger charge is 2.25. The number of benzene rings is 3. The van der Waals surface area contributed by atoms with Gasteiger partial charge in [0, 0.05) is 6.54 Å². The predicted octanol–water partition coefficient (Wildman–Crippen LogP) is 5.00. The highest BCUT2D eigenvalue weighted by atomic mass is 16.7. The van der Waals surface area contributed by atoms with E-state index in [2.05, 4.69) is 16.0 Å². The first-order chi connectivity index (χ1) is 21.3. The number of unbranched alkanes of at least 4 members (excludes halogenated alkanes) is 1. The van der Waals surface area contributed by atoms with E-state index in [1.165, 1.54) is 0 Å². The van der Waals surface area contributed by atoms with Gasteiger partial charge in [0.2, 0.25) is 12.7 Å². The molecule has 11 nitrogen and oxygen atoms in total. The van der Waals surface area contributed by atoms with Crippen LogP contribution in [0, 0.1) is 6.92 Å². The van der Waals surface area contributed by atoms with Crippen molar-refractivity contribution in [2.75, 3.05) is 13.9 Å². The van der Waals surface area contributed by atoms with Crippen LogP contribution < -0.4 is 34.9 Å². The number of methoxy groups -OCH3 is 1. The fourth-order valence-corrected chi connectivity index (χ4v) is 4.77. The summed E-state index contributed by atoms with van der Waals surface area (Å²) in [5.74, 6) is 0.704. The van der Waals surface area contributed by atoms with Crippen molar-refractivity contribution in [1.29, 1.82) is 0 Å². The third kappa shape index (κ3) is 8.79. The number of hydrogen-bond donors (Lipinski definition) is 4. The Balaban J connectivity index is 1.37. The Hall–Kier alpha value is -4.93. The van der Waals surface area contributed by atoms with Crippen LogP contribution >= 0.6 is 0 Å². The molecule has 0 saturated carbocycles. The lowest BCUT2D eigenvalue weighted by atomic mass is 10.0. The van der Waals surface area contributed by atoms with Crippen molar-refractivity contribution in [3.63, 3.8) is 0 Å². The predicted molar refractivity (Wildman–Crippen MR) is 163 cm³/mol. The van der Waals surface area contributed by atoms with Gasteiger partial charge in [-0.2, -0.15) is 0 Å². The van der Waals surface area contributed by atoms with Gasteiger partial charge in [-0.1, -0.05) is 56.2 Å². The molecule has 0 aromatic heterocycles. The zero-order valence-electron chi connectivity index (χ0n) is 25.2. The van der Waals surface area contributed by atoms with Gasteiger partial charge in [0.25, 0.3) is 0 Å². The van der Waals surface area contributed by atoms with E-state index in [1.807, 2.05) is 44.2 Å². The summed E-state index contributed by atoms with van der Waals surface area (Å²) in [6.45, 7) is 4.70. The van der Waals surface area contributed by atoms with Crippen molar-refractivity contribution in [3.8, 4) is 23.0 Å². The van der Waals surface area contributed by atoms with Crippen LogP contribution in [0.3, 0.4) is 0 Å². The lowest BCUT2D eigenvalue weighted by Crippen LogP contribution is -2.50. The van der Waals surface area contributed by atoms with Gasteiger partial charge in [0.1, 0.15) is 12.6 Å². The Morgan fingerprint density at radius 2 is 1.77 bits per heavy atom. The monoisotopic (exact) mass is 605 g/mol. The molecule has 0 bridgehead atoms. The Bertz CT molecular complexity index is 1460. The van der Waals surface area contributed by atoms with E-state index in [-0.39, 0.29) is 25.7 Å². The Morgan fingerprint density at radius 3 is 2.52 bits per heavy atom. The van der Waals surface area contributed by atoms with Crippen molar-refractivity contribution in [2.45, 2.75) is 64.8 Å².